The lowest BCUT2D eigenvalue weighted by Gasteiger charge is -2.35. The van der Waals surface area contributed by atoms with Gasteiger partial charge in [-0.15, -0.1) is 15.1 Å². The summed E-state index contributed by atoms with van der Waals surface area (Å²) in [6.07, 6.45) is 3.36. The monoisotopic (exact) mass is 357 g/mol. The molecule has 23 heavy (non-hydrogen) atoms. The van der Waals surface area contributed by atoms with Crippen LogP contribution in [0.1, 0.15) is 12.8 Å². The molecule has 4 N–H and O–H groups in total. The van der Waals surface area contributed by atoms with Crippen molar-refractivity contribution in [2.45, 2.75) is 25.2 Å². The van der Waals surface area contributed by atoms with E-state index < -0.39 is 17.0 Å². The summed E-state index contributed by atoms with van der Waals surface area (Å²) in [5.41, 5.74) is 0. The van der Waals surface area contributed by atoms with Crippen LogP contribution in [0.3, 0.4) is 0 Å². The summed E-state index contributed by atoms with van der Waals surface area (Å²) in [6, 6.07) is 0. The van der Waals surface area contributed by atoms with Crippen LogP contribution in [-0.4, -0.2) is 66.4 Å². The lowest BCUT2D eigenvalue weighted by Crippen LogP contribution is -2.32. The highest BCUT2D eigenvalue weighted by atomic mass is 32.3. The minimum atomic E-state index is -2.79. The third-order valence-electron chi connectivity index (χ3n) is 3.04. The number of hydrogen-bond donors (Lipinski definition) is 4. The number of nitrogens with zero attached hydrogens (tertiary/aromatic N) is 1. The molecule has 1 aliphatic rings. The van der Waals surface area contributed by atoms with E-state index in [2.05, 4.69) is 14.4 Å². The van der Waals surface area contributed by atoms with Crippen molar-refractivity contribution in [3.05, 3.63) is 12.3 Å². The van der Waals surface area contributed by atoms with E-state index in [1.807, 2.05) is 0 Å². The molecule has 2 amide bonds. The van der Waals surface area contributed by atoms with Crippen molar-refractivity contribution in [1.29, 1.82) is 0 Å². The number of carbonyl (C=O) groups excluding carboxylic acids is 2. The molecule has 3 atom stereocenters. The third kappa shape index (κ3) is 7.24. The van der Waals surface area contributed by atoms with E-state index in [1.165, 1.54) is 31.3 Å². The van der Waals surface area contributed by atoms with Crippen LogP contribution >= 0.6 is 10.8 Å². The SMILES string of the molecule is CF.CNC(=O)/C=C\N(C=O)C1CCC(CS(O)(NC)OO)O1. The second-order valence-electron chi connectivity index (χ2n) is 4.36. The van der Waals surface area contributed by atoms with Crippen LogP contribution in [0.2, 0.25) is 0 Å². The normalized spacial score (nSPS) is 24.3. The number of likely N-dealkylation sites (N-methyl/N-ethyl adjacent to an activating group) is 1. The zero-order chi connectivity index (χ0) is 17.9. The van der Waals surface area contributed by atoms with Crippen molar-refractivity contribution >= 4 is 23.1 Å². The minimum absolute atomic E-state index is 0.0718. The fourth-order valence-electron chi connectivity index (χ4n) is 1.87. The van der Waals surface area contributed by atoms with Gasteiger partial charge in [-0.25, -0.2) is 9.98 Å². The summed E-state index contributed by atoms with van der Waals surface area (Å²) in [5, 5.41) is 11.1. The number of halogens is 1. The standard InChI is InChI=1S/C11H21N3O6S.CH3F/c1-12-10(16)5-6-14(8-15)11-4-3-9(19-11)7-21(18,13-2)20-17;1-2/h5-6,8-9,11,13,17-18H,3-4,7H2,1-2H3,(H,12,16);1H3/b6-5-;. The van der Waals surface area contributed by atoms with E-state index in [-0.39, 0.29) is 17.8 Å². The summed E-state index contributed by atoms with van der Waals surface area (Å²) in [7, 11) is 0.650. The third-order valence-corrected chi connectivity index (χ3v) is 4.75. The molecular weight excluding hydrogens is 333 g/mol. The molecule has 1 fully saturated rings. The zero-order valence-corrected chi connectivity index (χ0v) is 14.1. The van der Waals surface area contributed by atoms with E-state index >= 15 is 0 Å². The van der Waals surface area contributed by atoms with Gasteiger partial charge in [0.1, 0.15) is 6.23 Å². The summed E-state index contributed by atoms with van der Waals surface area (Å²) in [6.45, 7) is 0. The van der Waals surface area contributed by atoms with Gasteiger partial charge in [0.05, 0.1) is 19.0 Å². The Labute approximate surface area is 136 Å². The Bertz CT molecular complexity index is 397. The molecule has 0 bridgehead atoms. The fraction of sp³-hybridized carbons (Fsp3) is 0.667. The fourth-order valence-corrected chi connectivity index (χ4v) is 2.92. The van der Waals surface area contributed by atoms with Crippen molar-refractivity contribution in [3.63, 3.8) is 0 Å². The summed E-state index contributed by atoms with van der Waals surface area (Å²) >= 11 is 0. The number of amides is 2. The first-order valence-electron chi connectivity index (χ1n) is 6.69. The Kier molecular flexibility index (Phi) is 10.7. The van der Waals surface area contributed by atoms with Crippen LogP contribution in [-0.2, 0) is 18.7 Å². The van der Waals surface area contributed by atoms with Crippen LogP contribution in [0.25, 0.3) is 0 Å². The zero-order valence-electron chi connectivity index (χ0n) is 13.3. The number of alkyl halides is 1. The van der Waals surface area contributed by atoms with Crippen molar-refractivity contribution < 1.29 is 32.9 Å². The number of carbonyl (C=O) groups is 2. The van der Waals surface area contributed by atoms with Gasteiger partial charge in [0.25, 0.3) is 0 Å². The summed E-state index contributed by atoms with van der Waals surface area (Å²) < 4.78 is 31.5. The van der Waals surface area contributed by atoms with E-state index in [4.69, 9.17) is 9.99 Å². The van der Waals surface area contributed by atoms with Crippen LogP contribution in [0.5, 0.6) is 0 Å². The first kappa shape index (κ1) is 21.8. The quantitative estimate of drug-likeness (QED) is 0.217. The van der Waals surface area contributed by atoms with Gasteiger partial charge >= 0.3 is 0 Å². The molecule has 11 heteroatoms. The van der Waals surface area contributed by atoms with E-state index in [0.717, 1.165) is 0 Å². The molecule has 1 rings (SSSR count). The van der Waals surface area contributed by atoms with Crippen molar-refractivity contribution in [3.8, 4) is 0 Å². The van der Waals surface area contributed by atoms with Gasteiger partial charge in [0, 0.05) is 26.4 Å². The lowest BCUT2D eigenvalue weighted by atomic mass is 10.2. The highest BCUT2D eigenvalue weighted by Crippen LogP contribution is 2.41. The van der Waals surface area contributed by atoms with Gasteiger partial charge in [-0.1, -0.05) is 0 Å². The maximum absolute atomic E-state index is 11.1. The van der Waals surface area contributed by atoms with Crippen LogP contribution in [0.4, 0.5) is 4.39 Å². The Balaban J connectivity index is 0.00000232. The second-order valence-corrected chi connectivity index (χ2v) is 6.53. The van der Waals surface area contributed by atoms with Gasteiger partial charge in [-0.3, -0.25) is 23.4 Å². The second kappa shape index (κ2) is 11.3. The predicted octanol–water partition coefficient (Wildman–Crippen LogP) is 0.612. The average Bonchev–Trinajstić information content (AvgIpc) is 3.04. The molecule has 1 aliphatic heterocycles. The van der Waals surface area contributed by atoms with Gasteiger partial charge < -0.3 is 10.1 Å². The van der Waals surface area contributed by atoms with Crippen molar-refractivity contribution in [2.24, 2.45) is 0 Å². The molecule has 1 saturated heterocycles. The Morgan fingerprint density at radius 2 is 2.13 bits per heavy atom. The number of ether oxygens (including phenoxy) is 1. The van der Waals surface area contributed by atoms with Crippen molar-refractivity contribution in [1.82, 2.24) is 14.9 Å². The highest BCUT2D eigenvalue weighted by Gasteiger charge is 2.32. The summed E-state index contributed by atoms with van der Waals surface area (Å²) in [4.78, 5) is 23.4. The molecular formula is C12H24FN3O6S. The topological polar surface area (TPSA) is 120 Å². The molecule has 0 aliphatic carbocycles. The molecule has 136 valence electrons. The van der Waals surface area contributed by atoms with E-state index in [0.29, 0.717) is 26.4 Å². The first-order valence-corrected chi connectivity index (χ1v) is 8.37. The highest BCUT2D eigenvalue weighted by molar-refractivity contribution is 8.23. The molecule has 0 aromatic heterocycles. The van der Waals surface area contributed by atoms with Crippen molar-refractivity contribution in [2.75, 3.05) is 27.0 Å². The van der Waals surface area contributed by atoms with Gasteiger partial charge in [-0.05, 0) is 12.8 Å². The predicted molar refractivity (Wildman–Crippen MR) is 83.9 cm³/mol. The number of rotatable bonds is 8. The van der Waals surface area contributed by atoms with E-state index in [1.54, 1.807) is 0 Å². The van der Waals surface area contributed by atoms with Gasteiger partial charge in [0.2, 0.25) is 12.3 Å². The Morgan fingerprint density at radius 3 is 2.61 bits per heavy atom. The van der Waals surface area contributed by atoms with Crippen LogP contribution in [0.15, 0.2) is 12.3 Å². The maximum atomic E-state index is 11.1. The molecule has 0 aromatic rings. The number of hydrogen-bond acceptors (Lipinski definition) is 7. The Hall–Kier alpha value is -1.24. The maximum Gasteiger partial charge on any atom is 0.245 e. The Morgan fingerprint density at radius 1 is 1.48 bits per heavy atom. The smallest absolute Gasteiger partial charge is 0.245 e. The van der Waals surface area contributed by atoms with Crippen LogP contribution < -0.4 is 10.0 Å². The molecule has 9 nitrogen and oxygen atoms in total. The van der Waals surface area contributed by atoms with Gasteiger partial charge in [-0.2, -0.15) is 0 Å². The largest absolute Gasteiger partial charge is 0.356 e. The average molecular weight is 357 g/mol. The number of nitrogens with one attached hydrogen (secondary N) is 2. The lowest BCUT2D eigenvalue weighted by molar-refractivity contribution is -0.135. The summed E-state index contributed by atoms with van der Waals surface area (Å²) in [5.74, 6) is -0.262. The molecule has 3 unspecified atom stereocenters. The molecule has 0 aromatic carbocycles. The molecule has 0 spiro atoms. The van der Waals surface area contributed by atoms with Crippen LogP contribution in [0, 0.1) is 0 Å². The molecule has 1 heterocycles. The minimum Gasteiger partial charge on any atom is -0.356 e. The van der Waals surface area contributed by atoms with Gasteiger partial charge in [0.15, 0.2) is 0 Å². The molecule has 0 radical (unpaired) electrons. The first-order chi connectivity index (χ1) is 11.0. The molecule has 0 saturated carbocycles. The van der Waals surface area contributed by atoms with E-state index in [9.17, 15) is 18.5 Å².